The van der Waals surface area contributed by atoms with Gasteiger partial charge in [0.1, 0.15) is 0 Å². The SMILES string of the molecule is CCCCCCCCCCCCCCCC[N+](C)(C)CCCCCCCCCCCCCCCC.O. The van der Waals surface area contributed by atoms with E-state index < -0.39 is 0 Å². The zero-order valence-corrected chi connectivity index (χ0v) is 26.2. The van der Waals surface area contributed by atoms with Gasteiger partial charge in [-0.25, -0.2) is 0 Å². The Morgan fingerprint density at radius 1 is 0.278 bits per heavy atom. The summed E-state index contributed by atoms with van der Waals surface area (Å²) < 4.78 is 1.25. The molecule has 0 spiro atoms. The average Bonchev–Trinajstić information content (AvgIpc) is 2.84. The lowest BCUT2D eigenvalue weighted by Gasteiger charge is -2.30. The van der Waals surface area contributed by atoms with Crippen LogP contribution < -0.4 is 0 Å². The van der Waals surface area contributed by atoms with Crippen molar-refractivity contribution < 1.29 is 9.96 Å². The summed E-state index contributed by atoms with van der Waals surface area (Å²) in [6, 6.07) is 0. The van der Waals surface area contributed by atoms with E-state index in [9.17, 15) is 0 Å². The van der Waals surface area contributed by atoms with Crippen molar-refractivity contribution >= 4 is 0 Å². The summed E-state index contributed by atoms with van der Waals surface area (Å²) in [5.41, 5.74) is 0. The molecule has 2 heteroatoms. The van der Waals surface area contributed by atoms with Gasteiger partial charge in [0.25, 0.3) is 0 Å². The van der Waals surface area contributed by atoms with Gasteiger partial charge in [0, 0.05) is 0 Å². The Hall–Kier alpha value is -0.0800. The minimum Gasteiger partial charge on any atom is -0.412 e. The highest BCUT2D eigenvalue weighted by Crippen LogP contribution is 2.15. The molecule has 36 heavy (non-hydrogen) atoms. The minimum absolute atomic E-state index is 0. The van der Waals surface area contributed by atoms with Crippen LogP contribution in [-0.2, 0) is 0 Å². The van der Waals surface area contributed by atoms with Crippen LogP contribution in [-0.4, -0.2) is 37.1 Å². The normalized spacial score (nSPS) is 11.7. The van der Waals surface area contributed by atoms with E-state index in [1.54, 1.807) is 0 Å². The average molecular weight is 513 g/mol. The van der Waals surface area contributed by atoms with E-state index in [0.717, 1.165) is 0 Å². The highest BCUT2D eigenvalue weighted by atomic mass is 16.0. The van der Waals surface area contributed by atoms with Crippen molar-refractivity contribution in [1.82, 2.24) is 0 Å². The second-order valence-electron chi connectivity index (χ2n) is 12.6. The molecule has 0 aliphatic heterocycles. The standard InChI is InChI=1S/C34H72N.H2O/c1-5-7-9-11-13-15-17-19-21-23-25-27-29-31-33-35(3,4)34-32-30-28-26-24-22-20-18-16-14-12-10-8-6-2;/h5-34H2,1-4H3;1H2/q+1;. The third-order valence-corrected chi connectivity index (χ3v) is 8.23. The molecule has 0 saturated carbocycles. The van der Waals surface area contributed by atoms with E-state index in [0.29, 0.717) is 0 Å². The lowest BCUT2D eigenvalue weighted by Crippen LogP contribution is -2.41. The molecule has 0 amide bonds. The van der Waals surface area contributed by atoms with Gasteiger partial charge in [-0.15, -0.1) is 0 Å². The van der Waals surface area contributed by atoms with E-state index >= 15 is 0 Å². The van der Waals surface area contributed by atoms with E-state index in [2.05, 4.69) is 27.9 Å². The molecule has 0 aliphatic rings. The van der Waals surface area contributed by atoms with E-state index in [1.807, 2.05) is 0 Å². The summed E-state index contributed by atoms with van der Waals surface area (Å²) >= 11 is 0. The smallest absolute Gasteiger partial charge is 0.0782 e. The Bertz CT molecular complexity index is 347. The van der Waals surface area contributed by atoms with Crippen LogP contribution in [0.3, 0.4) is 0 Å². The van der Waals surface area contributed by atoms with Crippen LogP contribution in [0.2, 0.25) is 0 Å². The topological polar surface area (TPSA) is 31.5 Å². The summed E-state index contributed by atoms with van der Waals surface area (Å²) in [7, 11) is 4.93. The molecule has 0 atom stereocenters. The summed E-state index contributed by atoms with van der Waals surface area (Å²) in [6.45, 7) is 7.38. The lowest BCUT2D eigenvalue weighted by atomic mass is 10.0. The second-order valence-corrected chi connectivity index (χ2v) is 12.6. The van der Waals surface area contributed by atoms with Gasteiger partial charge in [0.05, 0.1) is 27.2 Å². The number of quaternary nitrogens is 1. The lowest BCUT2D eigenvalue weighted by molar-refractivity contribution is -0.890. The van der Waals surface area contributed by atoms with E-state index in [4.69, 9.17) is 0 Å². The third-order valence-electron chi connectivity index (χ3n) is 8.23. The first kappa shape index (κ1) is 38.1. The Balaban J connectivity index is 0. The summed E-state index contributed by atoms with van der Waals surface area (Å²) in [5, 5.41) is 0. The van der Waals surface area contributed by atoms with Gasteiger partial charge >= 0.3 is 0 Å². The molecule has 2 nitrogen and oxygen atoms in total. The molecule has 0 fully saturated rings. The van der Waals surface area contributed by atoms with Crippen molar-refractivity contribution in [3.05, 3.63) is 0 Å². The molecule has 0 saturated heterocycles. The van der Waals surface area contributed by atoms with Crippen molar-refractivity contribution in [1.29, 1.82) is 0 Å². The second kappa shape index (κ2) is 31.1. The largest absolute Gasteiger partial charge is 0.412 e. The fourth-order valence-electron chi connectivity index (χ4n) is 5.58. The number of hydrogen-bond donors (Lipinski definition) is 0. The summed E-state index contributed by atoms with van der Waals surface area (Å²) in [6.07, 6.45) is 40.9. The predicted molar refractivity (Wildman–Crippen MR) is 166 cm³/mol. The fraction of sp³-hybridized carbons (Fsp3) is 1.00. The van der Waals surface area contributed by atoms with Crippen molar-refractivity contribution in [3.8, 4) is 0 Å². The van der Waals surface area contributed by atoms with Gasteiger partial charge in [0.15, 0.2) is 0 Å². The van der Waals surface area contributed by atoms with Crippen LogP contribution in [0.1, 0.15) is 194 Å². The van der Waals surface area contributed by atoms with Crippen LogP contribution in [0, 0.1) is 0 Å². The molecule has 0 aromatic carbocycles. The predicted octanol–water partition coefficient (Wildman–Crippen LogP) is 11.2. The van der Waals surface area contributed by atoms with Gasteiger partial charge in [-0.2, -0.15) is 0 Å². The molecule has 0 unspecified atom stereocenters. The molecule has 0 bridgehead atoms. The van der Waals surface area contributed by atoms with Crippen LogP contribution in [0.5, 0.6) is 0 Å². The van der Waals surface area contributed by atoms with Crippen molar-refractivity contribution in [2.45, 2.75) is 194 Å². The number of unbranched alkanes of at least 4 members (excludes halogenated alkanes) is 26. The Labute approximate surface area is 230 Å². The maximum Gasteiger partial charge on any atom is 0.0782 e. The molecule has 0 rings (SSSR count). The molecule has 0 radical (unpaired) electrons. The maximum atomic E-state index is 2.46. The van der Waals surface area contributed by atoms with Crippen LogP contribution >= 0.6 is 0 Å². The van der Waals surface area contributed by atoms with E-state index in [1.165, 1.54) is 197 Å². The highest BCUT2D eigenvalue weighted by Gasteiger charge is 2.13. The highest BCUT2D eigenvalue weighted by molar-refractivity contribution is 4.51. The van der Waals surface area contributed by atoms with Crippen molar-refractivity contribution in [3.63, 3.8) is 0 Å². The van der Waals surface area contributed by atoms with Gasteiger partial charge in [0.2, 0.25) is 0 Å². The molecule has 220 valence electrons. The van der Waals surface area contributed by atoms with Crippen LogP contribution in [0.4, 0.5) is 0 Å². The van der Waals surface area contributed by atoms with Gasteiger partial charge in [-0.3, -0.25) is 0 Å². The van der Waals surface area contributed by atoms with Crippen molar-refractivity contribution in [2.24, 2.45) is 0 Å². The van der Waals surface area contributed by atoms with Crippen LogP contribution in [0.15, 0.2) is 0 Å². The van der Waals surface area contributed by atoms with Gasteiger partial charge in [-0.05, 0) is 25.7 Å². The molecule has 0 aliphatic carbocycles. The minimum atomic E-state index is 0. The monoisotopic (exact) mass is 513 g/mol. The van der Waals surface area contributed by atoms with Crippen LogP contribution in [0.25, 0.3) is 0 Å². The zero-order chi connectivity index (χ0) is 25.7. The number of nitrogens with zero attached hydrogens (tertiary/aromatic N) is 1. The Kier molecular flexibility index (Phi) is 32.9. The molecular weight excluding hydrogens is 438 g/mol. The molecule has 0 aromatic heterocycles. The Morgan fingerprint density at radius 2 is 0.444 bits per heavy atom. The summed E-state index contributed by atoms with van der Waals surface area (Å²) in [4.78, 5) is 0. The fourth-order valence-corrected chi connectivity index (χ4v) is 5.58. The summed E-state index contributed by atoms with van der Waals surface area (Å²) in [5.74, 6) is 0. The zero-order valence-electron chi connectivity index (χ0n) is 26.2. The third kappa shape index (κ3) is 31.9. The quantitative estimate of drug-likeness (QED) is 0.0676. The first-order valence-corrected chi connectivity index (χ1v) is 16.9. The first-order valence-electron chi connectivity index (χ1n) is 16.9. The van der Waals surface area contributed by atoms with E-state index in [-0.39, 0.29) is 5.48 Å². The molecule has 0 heterocycles. The maximum absolute atomic E-state index is 2.46. The first-order chi connectivity index (χ1) is 17.1. The number of rotatable bonds is 30. The molecular formula is C34H74NO+. The molecule has 0 aromatic rings. The Morgan fingerprint density at radius 3 is 0.639 bits per heavy atom. The van der Waals surface area contributed by atoms with Crippen molar-refractivity contribution in [2.75, 3.05) is 27.2 Å². The molecule has 2 N–H and O–H groups in total. The van der Waals surface area contributed by atoms with Gasteiger partial charge < -0.3 is 9.96 Å². The van der Waals surface area contributed by atoms with Gasteiger partial charge in [-0.1, -0.05) is 168 Å². The number of hydrogen-bond acceptors (Lipinski definition) is 0.